The predicted octanol–water partition coefficient (Wildman–Crippen LogP) is 2.60. The summed E-state index contributed by atoms with van der Waals surface area (Å²) in [7, 11) is 0. The van der Waals surface area contributed by atoms with E-state index in [-0.39, 0.29) is 19.4 Å². The maximum absolute atomic E-state index is 12.2. The second kappa shape index (κ2) is 8.06. The predicted molar refractivity (Wildman–Crippen MR) is 103 cm³/mol. The van der Waals surface area contributed by atoms with Crippen molar-refractivity contribution in [1.29, 1.82) is 0 Å². The van der Waals surface area contributed by atoms with Crippen LogP contribution in [0.3, 0.4) is 0 Å². The third-order valence-corrected chi connectivity index (χ3v) is 6.00. The highest BCUT2D eigenvalue weighted by Crippen LogP contribution is 2.39. The summed E-state index contributed by atoms with van der Waals surface area (Å²) in [5, 5.41) is 12.6. The standard InChI is InChI=1S/C19H18ClN3O4S/c20-15-4-3-14-12(13(15)10-28-16-2-1-8-22-23-16)7-9-21-11-19(14)26-17(24)5-6-18(25)27-19/h1-4,8,21H,5-7,9-11H2. The zero-order valence-electron chi connectivity index (χ0n) is 14.9. The summed E-state index contributed by atoms with van der Waals surface area (Å²) < 4.78 is 11.3. The lowest BCUT2D eigenvalue weighted by Crippen LogP contribution is -2.43. The van der Waals surface area contributed by atoms with E-state index in [0.717, 1.165) is 16.2 Å². The Hall–Kier alpha value is -2.16. The number of halogens is 1. The molecular formula is C19H18ClN3O4S. The van der Waals surface area contributed by atoms with E-state index in [1.807, 2.05) is 12.1 Å². The normalized spacial score (nSPS) is 18.6. The van der Waals surface area contributed by atoms with Gasteiger partial charge in [0.15, 0.2) is 0 Å². The van der Waals surface area contributed by atoms with Crippen molar-refractivity contribution in [3.8, 4) is 0 Å². The van der Waals surface area contributed by atoms with E-state index in [1.54, 1.807) is 18.3 Å². The lowest BCUT2D eigenvalue weighted by molar-refractivity contribution is -0.225. The Kier molecular flexibility index (Phi) is 5.52. The van der Waals surface area contributed by atoms with Gasteiger partial charge < -0.3 is 14.8 Å². The van der Waals surface area contributed by atoms with Crippen molar-refractivity contribution < 1.29 is 19.1 Å². The number of thioether (sulfide) groups is 1. The second-order valence-electron chi connectivity index (χ2n) is 6.53. The first-order chi connectivity index (χ1) is 13.6. The fourth-order valence-corrected chi connectivity index (χ4v) is 4.64. The Morgan fingerprint density at radius 2 is 1.93 bits per heavy atom. The van der Waals surface area contributed by atoms with Gasteiger partial charge in [0.25, 0.3) is 5.79 Å². The lowest BCUT2D eigenvalue weighted by Gasteiger charge is -2.32. The number of carbonyl (C=O) groups is 2. The van der Waals surface area contributed by atoms with Gasteiger partial charge in [0.05, 0.1) is 19.4 Å². The summed E-state index contributed by atoms with van der Waals surface area (Å²) in [6.07, 6.45) is 2.32. The van der Waals surface area contributed by atoms with Crippen LogP contribution in [-0.2, 0) is 37.0 Å². The van der Waals surface area contributed by atoms with Crippen molar-refractivity contribution in [2.75, 3.05) is 13.1 Å². The Balaban J connectivity index is 1.74. The van der Waals surface area contributed by atoms with Gasteiger partial charge in [0.1, 0.15) is 5.03 Å². The molecule has 3 heterocycles. The fourth-order valence-electron chi connectivity index (χ4n) is 3.41. The van der Waals surface area contributed by atoms with Gasteiger partial charge >= 0.3 is 11.9 Å². The third kappa shape index (κ3) is 3.85. The number of carbonyl (C=O) groups excluding carboxylic acids is 2. The highest BCUT2D eigenvalue weighted by Gasteiger charge is 2.45. The average molecular weight is 420 g/mol. The number of fused-ring (bicyclic) bond motifs is 2. The first-order valence-corrected chi connectivity index (χ1v) is 10.3. The van der Waals surface area contributed by atoms with Crippen LogP contribution in [0.25, 0.3) is 0 Å². The molecule has 9 heteroatoms. The number of aromatic nitrogens is 2. The van der Waals surface area contributed by atoms with Gasteiger partial charge in [-0.1, -0.05) is 23.4 Å². The molecule has 2 aromatic rings. The molecule has 28 heavy (non-hydrogen) atoms. The topological polar surface area (TPSA) is 90.4 Å². The molecule has 0 radical (unpaired) electrons. The highest BCUT2D eigenvalue weighted by molar-refractivity contribution is 7.98. The molecule has 0 aliphatic carbocycles. The number of hydrogen-bond donors (Lipinski definition) is 1. The van der Waals surface area contributed by atoms with Crippen LogP contribution < -0.4 is 5.32 Å². The number of nitrogens with one attached hydrogen (secondary N) is 1. The smallest absolute Gasteiger partial charge is 0.309 e. The number of benzene rings is 1. The molecule has 4 rings (SSSR count). The molecule has 0 amide bonds. The Morgan fingerprint density at radius 3 is 2.64 bits per heavy atom. The van der Waals surface area contributed by atoms with E-state index < -0.39 is 17.7 Å². The largest absolute Gasteiger partial charge is 0.416 e. The summed E-state index contributed by atoms with van der Waals surface area (Å²) in [6.45, 7) is 0.850. The molecule has 0 bridgehead atoms. The van der Waals surface area contributed by atoms with Crippen molar-refractivity contribution in [3.63, 3.8) is 0 Å². The van der Waals surface area contributed by atoms with Gasteiger partial charge in [-0.05, 0) is 48.4 Å². The maximum Gasteiger partial charge on any atom is 0.309 e. The molecule has 0 atom stereocenters. The molecule has 1 spiro atoms. The van der Waals surface area contributed by atoms with Gasteiger partial charge in [-0.25, -0.2) is 0 Å². The third-order valence-electron chi connectivity index (χ3n) is 4.70. The molecule has 0 saturated carbocycles. The number of ether oxygens (including phenoxy) is 2. The molecule has 0 unspecified atom stereocenters. The fraction of sp³-hybridized carbons (Fsp3) is 0.368. The Labute approximate surface area is 171 Å². The molecule has 1 aromatic carbocycles. The minimum absolute atomic E-state index is 0.0128. The van der Waals surface area contributed by atoms with Crippen molar-refractivity contribution in [2.45, 2.75) is 35.8 Å². The second-order valence-corrected chi connectivity index (χ2v) is 7.93. The number of hydrogen-bond acceptors (Lipinski definition) is 8. The summed E-state index contributed by atoms with van der Waals surface area (Å²) in [5.74, 6) is -1.80. The van der Waals surface area contributed by atoms with Gasteiger partial charge in [0, 0.05) is 22.5 Å². The van der Waals surface area contributed by atoms with Crippen LogP contribution in [0.4, 0.5) is 0 Å². The van der Waals surface area contributed by atoms with E-state index in [4.69, 9.17) is 21.1 Å². The number of rotatable bonds is 3. The van der Waals surface area contributed by atoms with E-state index in [0.29, 0.717) is 29.3 Å². The monoisotopic (exact) mass is 419 g/mol. The minimum Gasteiger partial charge on any atom is -0.416 e. The average Bonchev–Trinajstić information content (AvgIpc) is 2.95. The quantitative estimate of drug-likeness (QED) is 0.599. The molecule has 1 aromatic heterocycles. The van der Waals surface area contributed by atoms with Crippen LogP contribution in [0.5, 0.6) is 0 Å². The van der Waals surface area contributed by atoms with Crippen LogP contribution in [0.2, 0.25) is 5.02 Å². The Bertz CT molecular complexity index is 892. The SMILES string of the molecule is O=C1CCC(=O)OC2(CNCCc3c2ccc(Cl)c3CSc2cccnn2)O1. The van der Waals surface area contributed by atoms with Gasteiger partial charge in [0.2, 0.25) is 0 Å². The van der Waals surface area contributed by atoms with E-state index in [2.05, 4.69) is 15.5 Å². The Morgan fingerprint density at radius 1 is 1.14 bits per heavy atom. The summed E-state index contributed by atoms with van der Waals surface area (Å²) in [5.41, 5.74) is 2.51. The lowest BCUT2D eigenvalue weighted by atomic mass is 9.94. The van der Waals surface area contributed by atoms with Crippen LogP contribution in [0.15, 0.2) is 35.5 Å². The summed E-state index contributed by atoms with van der Waals surface area (Å²) >= 11 is 8.03. The van der Waals surface area contributed by atoms with Crippen LogP contribution >= 0.6 is 23.4 Å². The molecule has 2 aliphatic rings. The summed E-state index contributed by atoms with van der Waals surface area (Å²) in [4.78, 5) is 24.3. The molecule has 1 N–H and O–H groups in total. The van der Waals surface area contributed by atoms with E-state index in [1.165, 1.54) is 11.8 Å². The van der Waals surface area contributed by atoms with Crippen LogP contribution in [-0.4, -0.2) is 35.2 Å². The minimum atomic E-state index is -1.47. The molecular weight excluding hydrogens is 402 g/mol. The first-order valence-electron chi connectivity index (χ1n) is 8.93. The van der Waals surface area contributed by atoms with Crippen LogP contribution in [0.1, 0.15) is 29.5 Å². The van der Waals surface area contributed by atoms with Gasteiger partial charge in [-0.2, -0.15) is 5.10 Å². The van der Waals surface area contributed by atoms with E-state index in [9.17, 15) is 9.59 Å². The molecule has 1 saturated heterocycles. The van der Waals surface area contributed by atoms with E-state index >= 15 is 0 Å². The first kappa shape index (κ1) is 19.2. The van der Waals surface area contributed by atoms with Crippen molar-refractivity contribution in [2.24, 2.45) is 0 Å². The number of nitrogens with zero attached hydrogens (tertiary/aromatic N) is 2. The zero-order valence-corrected chi connectivity index (χ0v) is 16.5. The molecule has 2 aliphatic heterocycles. The van der Waals surface area contributed by atoms with Crippen molar-refractivity contribution in [3.05, 3.63) is 52.2 Å². The molecule has 1 fully saturated rings. The molecule has 146 valence electrons. The van der Waals surface area contributed by atoms with Gasteiger partial charge in [-0.15, -0.1) is 5.10 Å². The summed E-state index contributed by atoms with van der Waals surface area (Å²) in [6, 6.07) is 7.25. The zero-order chi connectivity index (χ0) is 19.6. The van der Waals surface area contributed by atoms with Gasteiger partial charge in [-0.3, -0.25) is 9.59 Å². The number of esters is 2. The van der Waals surface area contributed by atoms with Crippen molar-refractivity contribution >= 4 is 35.3 Å². The maximum atomic E-state index is 12.2. The van der Waals surface area contributed by atoms with Crippen molar-refractivity contribution in [1.82, 2.24) is 15.5 Å². The highest BCUT2D eigenvalue weighted by atomic mass is 35.5. The molecule has 7 nitrogen and oxygen atoms in total. The van der Waals surface area contributed by atoms with Crippen LogP contribution in [0, 0.1) is 0 Å².